The number of hydrogen-bond acceptors (Lipinski definition) is 2. The van der Waals surface area contributed by atoms with E-state index in [1.54, 1.807) is 0 Å². The quantitative estimate of drug-likeness (QED) is 0.844. The third-order valence-electron chi connectivity index (χ3n) is 3.10. The highest BCUT2D eigenvalue weighted by molar-refractivity contribution is 5.29. The second kappa shape index (κ2) is 5.35. The van der Waals surface area contributed by atoms with Gasteiger partial charge < -0.3 is 10.1 Å². The van der Waals surface area contributed by atoms with Gasteiger partial charge in [-0.05, 0) is 43.0 Å². The molecular weight excluding hydrogens is 198 g/mol. The third-order valence-corrected chi connectivity index (χ3v) is 3.10. The fourth-order valence-corrected chi connectivity index (χ4v) is 2.04. The molecule has 1 atom stereocenters. The summed E-state index contributed by atoms with van der Waals surface area (Å²) in [5, 5.41) is 3.36. The largest absolute Gasteiger partial charge is 0.489 e. The lowest BCUT2D eigenvalue weighted by Gasteiger charge is -2.24. The van der Waals surface area contributed by atoms with Crippen molar-refractivity contribution in [2.24, 2.45) is 0 Å². The van der Waals surface area contributed by atoms with Crippen LogP contribution in [0.15, 0.2) is 24.3 Å². The summed E-state index contributed by atoms with van der Waals surface area (Å²) >= 11 is 0. The molecule has 0 spiro atoms. The van der Waals surface area contributed by atoms with Crippen molar-refractivity contribution in [1.82, 2.24) is 5.32 Å². The zero-order valence-electron chi connectivity index (χ0n) is 10.2. The molecule has 1 N–H and O–H groups in total. The fraction of sp³-hybridized carbons (Fsp3) is 0.571. The molecule has 1 fully saturated rings. The molecule has 1 aromatic rings. The molecule has 88 valence electrons. The first-order valence-electron chi connectivity index (χ1n) is 6.23. The summed E-state index contributed by atoms with van der Waals surface area (Å²) < 4.78 is 5.93. The standard InChI is InChI=1S/C14H21NO/c1-11(2)12-5-7-13(8-6-12)16-14-4-3-9-15-10-14/h5-8,11,14-15H,3-4,9-10H2,1-2H3/t14-/m0/s1. The summed E-state index contributed by atoms with van der Waals surface area (Å²) in [6, 6.07) is 8.50. The molecule has 1 aliphatic rings. The number of hydrogen-bond donors (Lipinski definition) is 1. The van der Waals surface area contributed by atoms with Crippen molar-refractivity contribution in [3.05, 3.63) is 29.8 Å². The molecule has 0 unspecified atom stereocenters. The van der Waals surface area contributed by atoms with Crippen molar-refractivity contribution in [3.8, 4) is 5.75 Å². The number of nitrogens with one attached hydrogen (secondary N) is 1. The van der Waals surface area contributed by atoms with E-state index in [9.17, 15) is 0 Å². The van der Waals surface area contributed by atoms with Crippen molar-refractivity contribution >= 4 is 0 Å². The Morgan fingerprint density at radius 1 is 1.25 bits per heavy atom. The smallest absolute Gasteiger partial charge is 0.119 e. The minimum Gasteiger partial charge on any atom is -0.489 e. The maximum absolute atomic E-state index is 5.93. The Balaban J connectivity index is 1.93. The van der Waals surface area contributed by atoms with Crippen LogP contribution in [-0.2, 0) is 0 Å². The van der Waals surface area contributed by atoms with Crippen molar-refractivity contribution in [2.45, 2.75) is 38.7 Å². The Hall–Kier alpha value is -1.02. The molecular formula is C14H21NO. The van der Waals surface area contributed by atoms with E-state index < -0.39 is 0 Å². The molecule has 0 radical (unpaired) electrons. The number of rotatable bonds is 3. The Morgan fingerprint density at radius 3 is 2.56 bits per heavy atom. The molecule has 1 heterocycles. The number of benzene rings is 1. The van der Waals surface area contributed by atoms with Gasteiger partial charge in [0.2, 0.25) is 0 Å². The van der Waals surface area contributed by atoms with Crippen LogP contribution in [0.2, 0.25) is 0 Å². The Labute approximate surface area is 98.0 Å². The summed E-state index contributed by atoms with van der Waals surface area (Å²) in [5.74, 6) is 1.59. The van der Waals surface area contributed by atoms with Gasteiger partial charge in [0.25, 0.3) is 0 Å². The maximum atomic E-state index is 5.93. The van der Waals surface area contributed by atoms with E-state index in [0.29, 0.717) is 12.0 Å². The molecule has 1 saturated heterocycles. The predicted octanol–water partition coefficient (Wildman–Crippen LogP) is 2.94. The number of piperidine rings is 1. The van der Waals surface area contributed by atoms with Gasteiger partial charge in [0, 0.05) is 6.54 Å². The summed E-state index contributed by atoms with van der Waals surface area (Å²) in [5.41, 5.74) is 1.37. The monoisotopic (exact) mass is 219 g/mol. The summed E-state index contributed by atoms with van der Waals surface area (Å²) in [6.07, 6.45) is 2.73. The second-order valence-electron chi connectivity index (χ2n) is 4.81. The van der Waals surface area contributed by atoms with Gasteiger partial charge in [-0.25, -0.2) is 0 Å². The minimum absolute atomic E-state index is 0.346. The van der Waals surface area contributed by atoms with Gasteiger partial charge in [0.15, 0.2) is 0 Å². The first kappa shape index (κ1) is 11.5. The average molecular weight is 219 g/mol. The van der Waals surface area contributed by atoms with Crippen molar-refractivity contribution in [1.29, 1.82) is 0 Å². The van der Waals surface area contributed by atoms with Crippen molar-refractivity contribution in [3.63, 3.8) is 0 Å². The van der Waals surface area contributed by atoms with Crippen LogP contribution in [-0.4, -0.2) is 19.2 Å². The molecule has 2 rings (SSSR count). The SMILES string of the molecule is CC(C)c1ccc(O[C@H]2CCCNC2)cc1. The van der Waals surface area contributed by atoms with Crippen LogP contribution in [0.5, 0.6) is 5.75 Å². The molecule has 0 saturated carbocycles. The first-order valence-corrected chi connectivity index (χ1v) is 6.23. The lowest BCUT2D eigenvalue weighted by Crippen LogP contribution is -2.37. The van der Waals surface area contributed by atoms with Crippen LogP contribution in [0.3, 0.4) is 0 Å². The maximum Gasteiger partial charge on any atom is 0.119 e. The highest BCUT2D eigenvalue weighted by Gasteiger charge is 2.14. The van der Waals surface area contributed by atoms with Gasteiger partial charge in [0.1, 0.15) is 11.9 Å². The topological polar surface area (TPSA) is 21.3 Å². The van der Waals surface area contributed by atoms with Crippen LogP contribution >= 0.6 is 0 Å². The van der Waals surface area contributed by atoms with Crippen LogP contribution in [0.1, 0.15) is 38.2 Å². The predicted molar refractivity (Wildman–Crippen MR) is 67.1 cm³/mol. The van der Waals surface area contributed by atoms with Gasteiger partial charge in [-0.2, -0.15) is 0 Å². The van der Waals surface area contributed by atoms with Gasteiger partial charge in [-0.15, -0.1) is 0 Å². The van der Waals surface area contributed by atoms with Crippen LogP contribution < -0.4 is 10.1 Å². The molecule has 0 aliphatic carbocycles. The lowest BCUT2D eigenvalue weighted by atomic mass is 10.0. The van der Waals surface area contributed by atoms with Crippen LogP contribution in [0.4, 0.5) is 0 Å². The van der Waals surface area contributed by atoms with Crippen LogP contribution in [0, 0.1) is 0 Å². The van der Waals surface area contributed by atoms with E-state index in [2.05, 4.69) is 43.4 Å². The highest BCUT2D eigenvalue weighted by atomic mass is 16.5. The van der Waals surface area contributed by atoms with E-state index >= 15 is 0 Å². The molecule has 16 heavy (non-hydrogen) atoms. The van der Waals surface area contributed by atoms with Gasteiger partial charge in [-0.3, -0.25) is 0 Å². The Kier molecular flexibility index (Phi) is 3.83. The highest BCUT2D eigenvalue weighted by Crippen LogP contribution is 2.20. The van der Waals surface area contributed by atoms with Gasteiger partial charge in [0.05, 0.1) is 0 Å². The van der Waals surface area contributed by atoms with E-state index in [1.807, 2.05) is 0 Å². The minimum atomic E-state index is 0.346. The van der Waals surface area contributed by atoms with Crippen molar-refractivity contribution < 1.29 is 4.74 Å². The zero-order valence-corrected chi connectivity index (χ0v) is 10.2. The molecule has 0 aromatic heterocycles. The average Bonchev–Trinajstić information content (AvgIpc) is 2.31. The Morgan fingerprint density at radius 2 is 2.00 bits per heavy atom. The van der Waals surface area contributed by atoms with Crippen LogP contribution in [0.25, 0.3) is 0 Å². The lowest BCUT2D eigenvalue weighted by molar-refractivity contribution is 0.167. The molecule has 1 aliphatic heterocycles. The molecule has 2 heteroatoms. The van der Waals surface area contributed by atoms with E-state index in [4.69, 9.17) is 4.74 Å². The first-order chi connectivity index (χ1) is 7.75. The normalized spacial score (nSPS) is 21.1. The fourth-order valence-electron chi connectivity index (χ4n) is 2.04. The summed E-state index contributed by atoms with van der Waals surface area (Å²) in [7, 11) is 0. The van der Waals surface area contributed by atoms with E-state index in [1.165, 1.54) is 18.4 Å². The van der Waals surface area contributed by atoms with E-state index in [0.717, 1.165) is 18.8 Å². The molecule has 1 aromatic carbocycles. The molecule has 2 nitrogen and oxygen atoms in total. The number of ether oxygens (including phenoxy) is 1. The second-order valence-corrected chi connectivity index (χ2v) is 4.81. The third kappa shape index (κ3) is 2.99. The Bertz CT molecular complexity index is 312. The van der Waals surface area contributed by atoms with Crippen molar-refractivity contribution in [2.75, 3.05) is 13.1 Å². The summed E-state index contributed by atoms with van der Waals surface area (Å²) in [6.45, 7) is 6.53. The van der Waals surface area contributed by atoms with Gasteiger partial charge in [-0.1, -0.05) is 26.0 Å². The van der Waals surface area contributed by atoms with E-state index in [-0.39, 0.29) is 0 Å². The zero-order chi connectivity index (χ0) is 11.4. The van der Waals surface area contributed by atoms with Gasteiger partial charge >= 0.3 is 0 Å². The summed E-state index contributed by atoms with van der Waals surface area (Å²) in [4.78, 5) is 0. The molecule has 0 amide bonds. The molecule has 0 bridgehead atoms.